The summed E-state index contributed by atoms with van der Waals surface area (Å²) in [5, 5.41) is 0.721. The highest BCUT2D eigenvalue weighted by Gasteiger charge is 2.28. The number of anilines is 1. The summed E-state index contributed by atoms with van der Waals surface area (Å²) in [4.78, 5) is 5.21. The fourth-order valence-corrected chi connectivity index (χ4v) is 3.56. The van der Waals surface area contributed by atoms with Crippen molar-refractivity contribution in [3.05, 3.63) is 28.8 Å². The Hall–Kier alpha value is -0.770. The Morgan fingerprint density at radius 3 is 2.89 bits per heavy atom. The number of nitrogens with two attached hydrogens (primary N) is 1. The molecule has 2 saturated heterocycles. The Bertz CT molecular complexity index is 449. The first-order chi connectivity index (χ1) is 9.22. The molecular weight excluding hydrogens is 258 g/mol. The SMILES string of the molecule is Nc1cc(Cl)ccc1CN1CCCN2CCCC2C1. The highest BCUT2D eigenvalue weighted by atomic mass is 35.5. The van der Waals surface area contributed by atoms with E-state index in [9.17, 15) is 0 Å². The molecule has 2 fully saturated rings. The number of benzene rings is 1. The molecule has 3 nitrogen and oxygen atoms in total. The van der Waals surface area contributed by atoms with E-state index >= 15 is 0 Å². The number of nitrogen functional groups attached to an aromatic ring is 1. The first-order valence-electron chi connectivity index (χ1n) is 7.23. The van der Waals surface area contributed by atoms with Crippen LogP contribution < -0.4 is 5.73 Å². The van der Waals surface area contributed by atoms with E-state index in [-0.39, 0.29) is 0 Å². The zero-order chi connectivity index (χ0) is 13.2. The van der Waals surface area contributed by atoms with Gasteiger partial charge in [-0.15, -0.1) is 0 Å². The summed E-state index contributed by atoms with van der Waals surface area (Å²) in [6.07, 6.45) is 3.98. The van der Waals surface area contributed by atoms with Gasteiger partial charge >= 0.3 is 0 Å². The Labute approximate surface area is 120 Å². The van der Waals surface area contributed by atoms with Crippen molar-refractivity contribution >= 4 is 17.3 Å². The zero-order valence-electron chi connectivity index (χ0n) is 11.3. The van der Waals surface area contributed by atoms with Gasteiger partial charge < -0.3 is 5.73 Å². The van der Waals surface area contributed by atoms with Crippen molar-refractivity contribution in [3.63, 3.8) is 0 Å². The molecule has 0 spiro atoms. The highest BCUT2D eigenvalue weighted by molar-refractivity contribution is 6.30. The molecule has 0 aromatic heterocycles. The molecule has 1 atom stereocenters. The minimum atomic E-state index is 0.721. The molecule has 104 valence electrons. The van der Waals surface area contributed by atoms with E-state index in [0.717, 1.165) is 23.3 Å². The molecular formula is C15H22ClN3. The Morgan fingerprint density at radius 2 is 2.05 bits per heavy atom. The van der Waals surface area contributed by atoms with E-state index in [4.69, 9.17) is 17.3 Å². The van der Waals surface area contributed by atoms with Crippen LogP contribution in [-0.4, -0.2) is 42.0 Å². The summed E-state index contributed by atoms with van der Waals surface area (Å²) >= 11 is 5.96. The average molecular weight is 280 g/mol. The number of hydrogen-bond acceptors (Lipinski definition) is 3. The normalized spacial score (nSPS) is 25.2. The highest BCUT2D eigenvalue weighted by Crippen LogP contribution is 2.24. The number of hydrogen-bond donors (Lipinski definition) is 1. The maximum Gasteiger partial charge on any atom is 0.0426 e. The van der Waals surface area contributed by atoms with Crippen molar-refractivity contribution in [3.8, 4) is 0 Å². The molecule has 2 aliphatic rings. The van der Waals surface area contributed by atoms with E-state index < -0.39 is 0 Å². The van der Waals surface area contributed by atoms with Gasteiger partial charge in [0.15, 0.2) is 0 Å². The molecule has 0 aliphatic carbocycles. The van der Waals surface area contributed by atoms with Crippen molar-refractivity contribution in [2.45, 2.75) is 31.8 Å². The van der Waals surface area contributed by atoms with Crippen molar-refractivity contribution in [2.75, 3.05) is 31.9 Å². The summed E-state index contributed by atoms with van der Waals surface area (Å²) in [6.45, 7) is 5.86. The molecule has 4 heteroatoms. The lowest BCUT2D eigenvalue weighted by atomic mass is 10.1. The van der Waals surface area contributed by atoms with Gasteiger partial charge in [-0.2, -0.15) is 0 Å². The molecule has 2 N–H and O–H groups in total. The van der Waals surface area contributed by atoms with Gasteiger partial charge in [0.2, 0.25) is 0 Å². The van der Waals surface area contributed by atoms with Crippen LogP contribution in [0.25, 0.3) is 0 Å². The molecule has 2 heterocycles. The molecule has 0 bridgehead atoms. The van der Waals surface area contributed by atoms with Gasteiger partial charge in [-0.3, -0.25) is 9.80 Å². The third-order valence-corrected chi connectivity index (χ3v) is 4.62. The second-order valence-electron chi connectivity index (χ2n) is 5.76. The van der Waals surface area contributed by atoms with Crippen molar-refractivity contribution in [2.24, 2.45) is 0 Å². The molecule has 1 aromatic rings. The van der Waals surface area contributed by atoms with Crippen molar-refractivity contribution in [1.82, 2.24) is 9.80 Å². The van der Waals surface area contributed by atoms with Crippen LogP contribution in [0.2, 0.25) is 5.02 Å². The number of halogens is 1. The van der Waals surface area contributed by atoms with Crippen LogP contribution in [0.15, 0.2) is 18.2 Å². The van der Waals surface area contributed by atoms with Crippen LogP contribution in [0.3, 0.4) is 0 Å². The summed E-state index contributed by atoms with van der Waals surface area (Å²) in [6, 6.07) is 6.62. The summed E-state index contributed by atoms with van der Waals surface area (Å²) < 4.78 is 0. The van der Waals surface area contributed by atoms with Crippen molar-refractivity contribution in [1.29, 1.82) is 0 Å². The quantitative estimate of drug-likeness (QED) is 0.845. The van der Waals surface area contributed by atoms with E-state index in [1.54, 1.807) is 0 Å². The van der Waals surface area contributed by atoms with E-state index in [0.29, 0.717) is 0 Å². The lowest BCUT2D eigenvalue weighted by Gasteiger charge is -2.26. The Morgan fingerprint density at radius 1 is 1.21 bits per heavy atom. The molecule has 2 aliphatic heterocycles. The fraction of sp³-hybridized carbons (Fsp3) is 0.600. The minimum absolute atomic E-state index is 0.721. The van der Waals surface area contributed by atoms with Gasteiger partial charge in [-0.05, 0) is 56.6 Å². The number of rotatable bonds is 2. The second kappa shape index (κ2) is 5.70. The number of nitrogens with zero attached hydrogens (tertiary/aromatic N) is 2. The van der Waals surface area contributed by atoms with E-state index in [2.05, 4.69) is 15.9 Å². The predicted octanol–water partition coefficient (Wildman–Crippen LogP) is 2.59. The van der Waals surface area contributed by atoms with Crippen LogP contribution in [0.4, 0.5) is 5.69 Å². The van der Waals surface area contributed by atoms with Gasteiger partial charge in [0.25, 0.3) is 0 Å². The largest absolute Gasteiger partial charge is 0.398 e. The third kappa shape index (κ3) is 3.04. The molecule has 3 rings (SSSR count). The predicted molar refractivity (Wildman–Crippen MR) is 80.4 cm³/mol. The van der Waals surface area contributed by atoms with Gasteiger partial charge in [0, 0.05) is 29.8 Å². The van der Waals surface area contributed by atoms with Crippen LogP contribution in [0, 0.1) is 0 Å². The van der Waals surface area contributed by atoms with Crippen molar-refractivity contribution < 1.29 is 0 Å². The summed E-state index contributed by atoms with van der Waals surface area (Å²) in [5.74, 6) is 0. The average Bonchev–Trinajstić information content (AvgIpc) is 2.72. The molecule has 1 aromatic carbocycles. The molecule has 0 amide bonds. The van der Waals surface area contributed by atoms with E-state index in [1.807, 2.05) is 12.1 Å². The van der Waals surface area contributed by atoms with Crippen LogP contribution in [0.1, 0.15) is 24.8 Å². The van der Waals surface area contributed by atoms with Gasteiger partial charge in [-0.1, -0.05) is 17.7 Å². The number of fused-ring (bicyclic) bond motifs is 1. The third-order valence-electron chi connectivity index (χ3n) is 4.39. The topological polar surface area (TPSA) is 32.5 Å². The summed E-state index contributed by atoms with van der Waals surface area (Å²) in [5.41, 5.74) is 8.09. The van der Waals surface area contributed by atoms with E-state index in [1.165, 1.54) is 51.0 Å². The monoisotopic (exact) mass is 279 g/mol. The molecule has 1 unspecified atom stereocenters. The zero-order valence-corrected chi connectivity index (χ0v) is 12.1. The lowest BCUT2D eigenvalue weighted by Crippen LogP contribution is -2.36. The Kier molecular flexibility index (Phi) is 3.96. The first-order valence-corrected chi connectivity index (χ1v) is 7.60. The molecule has 0 saturated carbocycles. The molecule has 0 radical (unpaired) electrons. The Balaban J connectivity index is 1.68. The van der Waals surface area contributed by atoms with Crippen LogP contribution >= 0.6 is 11.6 Å². The minimum Gasteiger partial charge on any atom is -0.398 e. The van der Waals surface area contributed by atoms with Crippen LogP contribution in [-0.2, 0) is 6.54 Å². The van der Waals surface area contributed by atoms with Gasteiger partial charge in [0.1, 0.15) is 0 Å². The standard InChI is InChI=1S/C15H22ClN3/c16-13-5-4-12(15(17)9-13)10-18-6-2-8-19-7-1-3-14(19)11-18/h4-5,9,14H,1-3,6-8,10-11,17H2. The lowest BCUT2D eigenvalue weighted by molar-refractivity contribution is 0.215. The van der Waals surface area contributed by atoms with Gasteiger partial charge in [0.05, 0.1) is 0 Å². The molecule has 19 heavy (non-hydrogen) atoms. The summed E-state index contributed by atoms with van der Waals surface area (Å²) in [7, 11) is 0. The second-order valence-corrected chi connectivity index (χ2v) is 6.20. The maximum atomic E-state index is 6.06. The first kappa shape index (κ1) is 13.2. The maximum absolute atomic E-state index is 6.06. The fourth-order valence-electron chi connectivity index (χ4n) is 3.38. The smallest absolute Gasteiger partial charge is 0.0426 e. The van der Waals surface area contributed by atoms with Crippen LogP contribution in [0.5, 0.6) is 0 Å². The van der Waals surface area contributed by atoms with Gasteiger partial charge in [-0.25, -0.2) is 0 Å².